The summed E-state index contributed by atoms with van der Waals surface area (Å²) in [6.07, 6.45) is 0.622. The SMILES string of the molecule is O=C(NC(c1ccccc1)c1ccccc1)N1CC(CN2C(=O)CCC2=O)C1. The Kier molecular flexibility index (Phi) is 5.10. The maximum atomic E-state index is 12.8. The first kappa shape index (κ1) is 18.2. The zero-order chi connectivity index (χ0) is 19.5. The lowest BCUT2D eigenvalue weighted by atomic mass is 9.98. The van der Waals surface area contributed by atoms with Crippen LogP contribution in [-0.4, -0.2) is 47.3 Å². The van der Waals surface area contributed by atoms with Crippen LogP contribution in [0.25, 0.3) is 0 Å². The predicted molar refractivity (Wildman–Crippen MR) is 104 cm³/mol. The van der Waals surface area contributed by atoms with Gasteiger partial charge >= 0.3 is 6.03 Å². The molecule has 2 aliphatic rings. The molecule has 0 spiro atoms. The van der Waals surface area contributed by atoms with Crippen LogP contribution in [0, 0.1) is 5.92 Å². The van der Waals surface area contributed by atoms with E-state index in [9.17, 15) is 14.4 Å². The van der Waals surface area contributed by atoms with Crippen LogP contribution in [0.5, 0.6) is 0 Å². The number of nitrogens with one attached hydrogen (secondary N) is 1. The summed E-state index contributed by atoms with van der Waals surface area (Å²) in [4.78, 5) is 39.3. The lowest BCUT2D eigenvalue weighted by Gasteiger charge is -2.41. The highest BCUT2D eigenvalue weighted by Gasteiger charge is 2.37. The number of carbonyl (C=O) groups excluding carboxylic acids is 3. The second-order valence-corrected chi connectivity index (χ2v) is 7.37. The number of amides is 4. The summed E-state index contributed by atoms with van der Waals surface area (Å²) in [5, 5.41) is 3.12. The molecular formula is C22H23N3O3. The van der Waals surface area contributed by atoms with E-state index in [1.54, 1.807) is 4.90 Å². The monoisotopic (exact) mass is 377 g/mol. The van der Waals surface area contributed by atoms with E-state index in [-0.39, 0.29) is 29.8 Å². The molecule has 2 heterocycles. The Labute approximate surface area is 164 Å². The van der Waals surface area contributed by atoms with Crippen molar-refractivity contribution < 1.29 is 14.4 Å². The van der Waals surface area contributed by atoms with Crippen LogP contribution in [0.1, 0.15) is 30.0 Å². The van der Waals surface area contributed by atoms with Crippen LogP contribution in [-0.2, 0) is 9.59 Å². The number of carbonyl (C=O) groups is 3. The van der Waals surface area contributed by atoms with Gasteiger partial charge in [-0.2, -0.15) is 0 Å². The van der Waals surface area contributed by atoms with Crippen LogP contribution in [0.4, 0.5) is 4.79 Å². The van der Waals surface area contributed by atoms with Gasteiger partial charge in [-0.15, -0.1) is 0 Å². The van der Waals surface area contributed by atoms with Crippen molar-refractivity contribution in [2.45, 2.75) is 18.9 Å². The topological polar surface area (TPSA) is 69.7 Å². The zero-order valence-electron chi connectivity index (χ0n) is 15.6. The summed E-state index contributed by atoms with van der Waals surface area (Å²) in [5.74, 6) is -0.0362. The van der Waals surface area contributed by atoms with Gasteiger partial charge in [0.05, 0.1) is 6.04 Å². The maximum Gasteiger partial charge on any atom is 0.318 e. The van der Waals surface area contributed by atoms with E-state index < -0.39 is 0 Å². The fraction of sp³-hybridized carbons (Fsp3) is 0.318. The molecule has 4 amide bonds. The lowest BCUT2D eigenvalue weighted by molar-refractivity contribution is -0.139. The molecule has 2 aromatic rings. The molecule has 1 N–H and O–H groups in total. The Hall–Kier alpha value is -3.15. The Morgan fingerprint density at radius 3 is 1.89 bits per heavy atom. The Bertz CT molecular complexity index is 808. The van der Waals surface area contributed by atoms with Gasteiger partial charge in [0.1, 0.15) is 0 Å². The number of rotatable bonds is 5. The minimum atomic E-state index is -0.226. The molecule has 6 nitrogen and oxygen atoms in total. The molecule has 0 unspecified atom stereocenters. The molecule has 2 fully saturated rings. The summed E-state index contributed by atoms with van der Waals surface area (Å²) in [7, 11) is 0. The van der Waals surface area contributed by atoms with Crippen molar-refractivity contribution in [3.8, 4) is 0 Å². The number of likely N-dealkylation sites (tertiary alicyclic amines) is 2. The van der Waals surface area contributed by atoms with Gasteiger partial charge in [0.25, 0.3) is 0 Å². The van der Waals surface area contributed by atoms with E-state index >= 15 is 0 Å². The van der Waals surface area contributed by atoms with Gasteiger partial charge in [-0.25, -0.2) is 4.79 Å². The van der Waals surface area contributed by atoms with Crippen molar-refractivity contribution in [3.05, 3.63) is 71.8 Å². The smallest absolute Gasteiger partial charge is 0.318 e. The van der Waals surface area contributed by atoms with Gasteiger partial charge in [-0.3, -0.25) is 14.5 Å². The fourth-order valence-electron chi connectivity index (χ4n) is 3.80. The molecular weight excluding hydrogens is 354 g/mol. The molecule has 28 heavy (non-hydrogen) atoms. The van der Waals surface area contributed by atoms with Crippen LogP contribution in [0.3, 0.4) is 0 Å². The van der Waals surface area contributed by atoms with Crippen LogP contribution < -0.4 is 5.32 Å². The molecule has 2 aromatic carbocycles. The Morgan fingerprint density at radius 1 is 0.893 bits per heavy atom. The third kappa shape index (κ3) is 3.76. The molecule has 4 rings (SSSR count). The second kappa shape index (κ2) is 7.84. The van der Waals surface area contributed by atoms with Gasteiger partial charge < -0.3 is 10.2 Å². The van der Waals surface area contributed by atoms with Crippen molar-refractivity contribution in [1.29, 1.82) is 0 Å². The van der Waals surface area contributed by atoms with E-state index in [0.717, 1.165) is 11.1 Å². The summed E-state index contributed by atoms with van der Waals surface area (Å²) in [6, 6.07) is 19.4. The minimum absolute atomic E-state index is 0.0962. The number of benzene rings is 2. The molecule has 0 bridgehead atoms. The quantitative estimate of drug-likeness (QED) is 0.814. The highest BCUT2D eigenvalue weighted by Crippen LogP contribution is 2.25. The molecule has 2 saturated heterocycles. The molecule has 2 aliphatic heterocycles. The van der Waals surface area contributed by atoms with E-state index in [1.165, 1.54) is 4.90 Å². The first-order valence-electron chi connectivity index (χ1n) is 9.60. The summed E-state index contributed by atoms with van der Waals surface area (Å²) in [5.41, 5.74) is 2.04. The van der Waals surface area contributed by atoms with E-state index in [1.807, 2.05) is 60.7 Å². The van der Waals surface area contributed by atoms with Crippen molar-refractivity contribution in [2.24, 2.45) is 5.92 Å². The van der Waals surface area contributed by atoms with Crippen LogP contribution >= 0.6 is 0 Å². The first-order valence-corrected chi connectivity index (χ1v) is 9.60. The number of nitrogens with zero attached hydrogens (tertiary/aromatic N) is 2. The predicted octanol–water partition coefficient (Wildman–Crippen LogP) is 2.57. The van der Waals surface area contributed by atoms with E-state index in [4.69, 9.17) is 0 Å². The number of urea groups is 1. The highest BCUT2D eigenvalue weighted by molar-refractivity contribution is 6.01. The lowest BCUT2D eigenvalue weighted by Crippen LogP contribution is -2.57. The average Bonchev–Trinajstić information content (AvgIpc) is 3.01. The minimum Gasteiger partial charge on any atom is -0.327 e. The average molecular weight is 377 g/mol. The largest absolute Gasteiger partial charge is 0.327 e. The van der Waals surface area contributed by atoms with Crippen molar-refractivity contribution in [3.63, 3.8) is 0 Å². The maximum absolute atomic E-state index is 12.8. The molecule has 0 atom stereocenters. The molecule has 144 valence electrons. The normalized spacial score (nSPS) is 17.2. The number of hydrogen-bond donors (Lipinski definition) is 1. The molecule has 0 saturated carbocycles. The molecule has 0 aliphatic carbocycles. The second-order valence-electron chi connectivity index (χ2n) is 7.37. The third-order valence-electron chi connectivity index (χ3n) is 5.37. The first-order chi connectivity index (χ1) is 13.6. The van der Waals surface area contributed by atoms with Crippen molar-refractivity contribution >= 4 is 17.8 Å². The fourth-order valence-corrected chi connectivity index (χ4v) is 3.80. The highest BCUT2D eigenvalue weighted by atomic mass is 16.2. The summed E-state index contributed by atoms with van der Waals surface area (Å²) >= 11 is 0. The zero-order valence-corrected chi connectivity index (χ0v) is 15.6. The van der Waals surface area contributed by atoms with Gasteiger partial charge in [0, 0.05) is 38.4 Å². The van der Waals surface area contributed by atoms with Crippen molar-refractivity contribution in [1.82, 2.24) is 15.1 Å². The van der Waals surface area contributed by atoms with E-state index in [2.05, 4.69) is 5.32 Å². The Morgan fingerprint density at radius 2 is 1.39 bits per heavy atom. The standard InChI is InChI=1S/C22H23N3O3/c26-19-11-12-20(27)25(19)15-16-13-24(14-16)22(28)23-21(17-7-3-1-4-8-17)18-9-5-2-6-10-18/h1-10,16,21H,11-15H2,(H,23,28). The molecule has 6 heteroatoms. The van der Waals surface area contributed by atoms with Gasteiger partial charge in [0.2, 0.25) is 11.8 Å². The van der Waals surface area contributed by atoms with Crippen LogP contribution in [0.15, 0.2) is 60.7 Å². The molecule has 0 aromatic heterocycles. The van der Waals surface area contributed by atoms with Gasteiger partial charge in [-0.1, -0.05) is 60.7 Å². The number of hydrogen-bond acceptors (Lipinski definition) is 3. The van der Waals surface area contributed by atoms with Gasteiger partial charge in [-0.05, 0) is 11.1 Å². The third-order valence-corrected chi connectivity index (χ3v) is 5.37. The van der Waals surface area contributed by atoms with Crippen LogP contribution in [0.2, 0.25) is 0 Å². The summed E-state index contributed by atoms with van der Waals surface area (Å²) < 4.78 is 0. The number of imide groups is 1. The van der Waals surface area contributed by atoms with Gasteiger partial charge in [0.15, 0.2) is 0 Å². The van der Waals surface area contributed by atoms with E-state index in [0.29, 0.717) is 32.5 Å². The Balaban J connectivity index is 1.38. The summed E-state index contributed by atoms with van der Waals surface area (Å²) in [6.45, 7) is 1.53. The van der Waals surface area contributed by atoms with Crippen molar-refractivity contribution in [2.75, 3.05) is 19.6 Å². The molecule has 0 radical (unpaired) electrons.